The Balaban J connectivity index is 3.04. The fraction of sp³-hybridized carbons (Fsp3) is 0.364. The van der Waals surface area contributed by atoms with Crippen molar-refractivity contribution >= 4 is 31.7 Å². The van der Waals surface area contributed by atoms with E-state index in [2.05, 4.69) is 15.9 Å². The molecule has 0 saturated carbocycles. The van der Waals surface area contributed by atoms with E-state index in [-0.39, 0.29) is 10.7 Å². The number of rotatable bonds is 5. The maximum absolute atomic E-state index is 12.0. The van der Waals surface area contributed by atoms with Gasteiger partial charge in [-0.3, -0.25) is 4.79 Å². The monoisotopic (exact) mass is 319 g/mol. The predicted octanol–water partition coefficient (Wildman–Crippen LogP) is 1.90. The first-order chi connectivity index (χ1) is 7.89. The van der Waals surface area contributed by atoms with Gasteiger partial charge in [-0.1, -0.05) is 28.1 Å². The van der Waals surface area contributed by atoms with E-state index in [1.165, 1.54) is 42.5 Å². The van der Waals surface area contributed by atoms with Gasteiger partial charge in [-0.05, 0) is 19.1 Å². The van der Waals surface area contributed by atoms with Crippen LogP contribution in [0.4, 0.5) is 0 Å². The van der Waals surface area contributed by atoms with Crippen LogP contribution in [-0.4, -0.2) is 37.4 Å². The Kier molecular flexibility index (Phi) is 4.85. The van der Waals surface area contributed by atoms with Crippen LogP contribution in [0.15, 0.2) is 29.2 Å². The number of Topliss-reactive ketones (excluding diaryl/α,β-unsaturated/α-hetero) is 1. The molecule has 0 saturated heterocycles. The van der Waals surface area contributed by atoms with Gasteiger partial charge in [-0.25, -0.2) is 12.7 Å². The molecule has 94 valence electrons. The van der Waals surface area contributed by atoms with Crippen molar-refractivity contribution in [2.24, 2.45) is 0 Å². The second kappa shape index (κ2) is 5.75. The number of alkyl halides is 1. The second-order valence-corrected chi connectivity index (χ2v) is 6.43. The van der Waals surface area contributed by atoms with Gasteiger partial charge >= 0.3 is 0 Å². The van der Waals surface area contributed by atoms with Crippen molar-refractivity contribution in [1.82, 2.24) is 4.31 Å². The maximum atomic E-state index is 12.0. The normalized spacial score (nSPS) is 11.8. The van der Waals surface area contributed by atoms with Crippen LogP contribution >= 0.6 is 15.9 Å². The molecule has 0 aromatic heterocycles. The molecule has 0 fully saturated rings. The highest BCUT2D eigenvalue weighted by Gasteiger charge is 2.19. The van der Waals surface area contributed by atoms with E-state index in [0.717, 1.165) is 0 Å². The summed E-state index contributed by atoms with van der Waals surface area (Å²) in [5, 5.41) is 0.578. The van der Waals surface area contributed by atoms with Crippen LogP contribution < -0.4 is 0 Å². The highest BCUT2D eigenvalue weighted by molar-refractivity contribution is 9.09. The summed E-state index contributed by atoms with van der Waals surface area (Å²) in [5.41, 5.74) is 0.507. The number of hydrogen-bond donors (Lipinski definition) is 0. The summed E-state index contributed by atoms with van der Waals surface area (Å²) in [6, 6.07) is 5.96. The molecule has 0 bridgehead atoms. The van der Waals surface area contributed by atoms with Crippen LogP contribution in [-0.2, 0) is 10.0 Å². The van der Waals surface area contributed by atoms with E-state index in [0.29, 0.717) is 17.4 Å². The smallest absolute Gasteiger partial charge is 0.242 e. The lowest BCUT2D eigenvalue weighted by Crippen LogP contribution is -2.28. The van der Waals surface area contributed by atoms with Crippen molar-refractivity contribution in [2.45, 2.75) is 11.8 Å². The average Bonchev–Trinajstić information content (AvgIpc) is 2.29. The topological polar surface area (TPSA) is 54.5 Å². The minimum atomic E-state index is -3.45. The molecule has 1 aromatic carbocycles. The third-order valence-corrected chi connectivity index (χ3v) is 4.59. The molecule has 17 heavy (non-hydrogen) atoms. The van der Waals surface area contributed by atoms with Gasteiger partial charge < -0.3 is 0 Å². The highest BCUT2D eigenvalue weighted by Crippen LogP contribution is 2.15. The van der Waals surface area contributed by atoms with E-state index >= 15 is 0 Å². The molecule has 6 heteroatoms. The number of carbonyl (C=O) groups is 1. The van der Waals surface area contributed by atoms with Crippen LogP contribution in [0, 0.1) is 0 Å². The maximum Gasteiger partial charge on any atom is 0.242 e. The minimum absolute atomic E-state index is 0.0808. The summed E-state index contributed by atoms with van der Waals surface area (Å²) in [5.74, 6) is -0.0808. The molecule has 0 spiro atoms. The molecule has 0 amide bonds. The molecule has 1 rings (SSSR count). The number of hydrogen-bond acceptors (Lipinski definition) is 3. The lowest BCUT2D eigenvalue weighted by Gasteiger charge is -2.15. The van der Waals surface area contributed by atoms with E-state index in [9.17, 15) is 13.2 Å². The van der Waals surface area contributed by atoms with Gasteiger partial charge in [0, 0.05) is 24.5 Å². The Morgan fingerprint density at radius 2 is 1.82 bits per heavy atom. The zero-order chi connectivity index (χ0) is 13.1. The number of halogens is 1. The van der Waals surface area contributed by atoms with E-state index in [4.69, 9.17) is 0 Å². The largest absolute Gasteiger partial charge is 0.295 e. The molecule has 0 radical (unpaired) electrons. The van der Waals surface area contributed by atoms with Crippen molar-refractivity contribution in [2.75, 3.05) is 18.9 Å². The highest BCUT2D eigenvalue weighted by atomic mass is 79.9. The van der Waals surface area contributed by atoms with Gasteiger partial charge in [0.05, 0.1) is 4.90 Å². The van der Waals surface area contributed by atoms with Crippen molar-refractivity contribution in [3.05, 3.63) is 29.8 Å². The van der Waals surface area contributed by atoms with Crippen molar-refractivity contribution in [3.8, 4) is 0 Å². The molecule has 0 aliphatic rings. The fourth-order valence-corrected chi connectivity index (χ4v) is 3.22. The molecular weight excluding hydrogens is 306 g/mol. The molecular formula is C11H14BrNO3S. The lowest BCUT2D eigenvalue weighted by molar-refractivity contribution is 0.101. The van der Waals surface area contributed by atoms with Crippen molar-refractivity contribution < 1.29 is 13.2 Å². The van der Waals surface area contributed by atoms with Gasteiger partial charge in [0.1, 0.15) is 0 Å². The summed E-state index contributed by atoms with van der Waals surface area (Å²) in [6.45, 7) is 1.84. The minimum Gasteiger partial charge on any atom is -0.295 e. The van der Waals surface area contributed by atoms with Crippen molar-refractivity contribution in [3.63, 3.8) is 0 Å². The third-order valence-electron chi connectivity index (χ3n) is 2.37. The number of nitrogens with zero attached hydrogens (tertiary/aromatic N) is 1. The summed E-state index contributed by atoms with van der Waals surface area (Å²) in [6.07, 6.45) is 0. The number of ketones is 1. The first kappa shape index (κ1) is 14.3. The number of benzene rings is 1. The molecule has 1 aromatic rings. The molecule has 4 nitrogen and oxygen atoms in total. The summed E-state index contributed by atoms with van der Waals surface area (Å²) >= 11 is 3.19. The van der Waals surface area contributed by atoms with Crippen LogP contribution in [0.25, 0.3) is 0 Å². The van der Waals surface area contributed by atoms with Crippen LogP contribution in [0.5, 0.6) is 0 Å². The van der Waals surface area contributed by atoms with Gasteiger partial charge in [-0.2, -0.15) is 0 Å². The Morgan fingerprint density at radius 3 is 2.24 bits per heavy atom. The van der Waals surface area contributed by atoms with E-state index in [1.807, 2.05) is 0 Å². The fourth-order valence-electron chi connectivity index (χ4n) is 1.28. The SMILES string of the molecule is CC(=O)c1ccc(S(=O)(=O)N(C)CCBr)cc1. The predicted molar refractivity (Wildman–Crippen MR) is 70.1 cm³/mol. The molecule has 0 heterocycles. The van der Waals surface area contributed by atoms with Gasteiger partial charge in [0.2, 0.25) is 10.0 Å². The summed E-state index contributed by atoms with van der Waals surface area (Å²) in [7, 11) is -1.93. The molecule has 0 N–H and O–H groups in total. The zero-order valence-corrected chi connectivity index (χ0v) is 12.1. The number of carbonyl (C=O) groups excluding carboxylic acids is 1. The quantitative estimate of drug-likeness (QED) is 0.615. The van der Waals surface area contributed by atoms with Crippen LogP contribution in [0.3, 0.4) is 0 Å². The summed E-state index contributed by atoms with van der Waals surface area (Å²) in [4.78, 5) is 11.3. The molecule has 0 aliphatic heterocycles. The molecule has 0 unspecified atom stereocenters. The lowest BCUT2D eigenvalue weighted by atomic mass is 10.2. The zero-order valence-electron chi connectivity index (χ0n) is 9.68. The van der Waals surface area contributed by atoms with Gasteiger partial charge in [-0.15, -0.1) is 0 Å². The van der Waals surface area contributed by atoms with E-state index < -0.39 is 10.0 Å². The Bertz CT molecular complexity index is 496. The van der Waals surface area contributed by atoms with Gasteiger partial charge in [0.15, 0.2) is 5.78 Å². The van der Waals surface area contributed by atoms with Crippen molar-refractivity contribution in [1.29, 1.82) is 0 Å². The van der Waals surface area contributed by atoms with Gasteiger partial charge in [0.25, 0.3) is 0 Å². The van der Waals surface area contributed by atoms with Crippen LogP contribution in [0.1, 0.15) is 17.3 Å². The Hall–Kier alpha value is -0.720. The standard InChI is InChI=1S/C11H14BrNO3S/c1-9(14)10-3-5-11(6-4-10)17(15,16)13(2)8-7-12/h3-6H,7-8H2,1-2H3. The first-order valence-electron chi connectivity index (χ1n) is 5.03. The Labute approximate surface area is 110 Å². The number of sulfonamides is 1. The van der Waals surface area contributed by atoms with E-state index in [1.54, 1.807) is 0 Å². The Morgan fingerprint density at radius 1 is 1.29 bits per heavy atom. The molecule has 0 aliphatic carbocycles. The third kappa shape index (κ3) is 3.37. The molecule has 0 atom stereocenters. The average molecular weight is 320 g/mol. The van der Waals surface area contributed by atoms with Crippen LogP contribution in [0.2, 0.25) is 0 Å². The first-order valence-corrected chi connectivity index (χ1v) is 7.59. The second-order valence-electron chi connectivity index (χ2n) is 3.60. The summed E-state index contributed by atoms with van der Waals surface area (Å²) < 4.78 is 25.3.